The van der Waals surface area contributed by atoms with Gasteiger partial charge < -0.3 is 9.47 Å². The van der Waals surface area contributed by atoms with E-state index in [9.17, 15) is 4.79 Å². The predicted octanol–water partition coefficient (Wildman–Crippen LogP) is 3.39. The van der Waals surface area contributed by atoms with E-state index >= 15 is 0 Å². The van der Waals surface area contributed by atoms with Crippen LogP contribution in [0.3, 0.4) is 0 Å². The van der Waals surface area contributed by atoms with Crippen LogP contribution >= 0.6 is 15.9 Å². The van der Waals surface area contributed by atoms with Crippen molar-refractivity contribution in [3.05, 3.63) is 22.4 Å². The molecule has 0 radical (unpaired) electrons. The number of aromatic nitrogens is 1. The lowest BCUT2D eigenvalue weighted by molar-refractivity contribution is 0.0774. The first-order valence-corrected chi connectivity index (χ1v) is 7.47. The first-order chi connectivity index (χ1) is 8.52. The van der Waals surface area contributed by atoms with E-state index in [-0.39, 0.29) is 5.91 Å². The molecule has 1 fully saturated rings. The molecule has 0 bridgehead atoms. The summed E-state index contributed by atoms with van der Waals surface area (Å²) in [4.78, 5) is 14.5. The first kappa shape index (κ1) is 13.7. The summed E-state index contributed by atoms with van der Waals surface area (Å²) in [6.45, 7) is 9.23. The van der Waals surface area contributed by atoms with Crippen LogP contribution in [0.25, 0.3) is 0 Å². The van der Waals surface area contributed by atoms with Gasteiger partial charge in [0.25, 0.3) is 5.91 Å². The Hall–Kier alpha value is -0.770. The Morgan fingerprint density at radius 2 is 2.00 bits per heavy atom. The third-order valence-electron chi connectivity index (χ3n) is 3.82. The normalized spacial score (nSPS) is 23.7. The Labute approximate surface area is 117 Å². The highest BCUT2D eigenvalue weighted by Gasteiger charge is 2.31. The van der Waals surface area contributed by atoms with Crippen molar-refractivity contribution in [2.75, 3.05) is 13.1 Å². The van der Waals surface area contributed by atoms with Gasteiger partial charge in [0.1, 0.15) is 5.69 Å². The lowest BCUT2D eigenvalue weighted by Gasteiger charge is -2.17. The van der Waals surface area contributed by atoms with Crippen molar-refractivity contribution < 1.29 is 4.79 Å². The van der Waals surface area contributed by atoms with Gasteiger partial charge >= 0.3 is 0 Å². The zero-order valence-corrected chi connectivity index (χ0v) is 12.9. The van der Waals surface area contributed by atoms with Crippen LogP contribution in [0.5, 0.6) is 0 Å². The minimum Gasteiger partial charge on any atom is -0.342 e. The first-order valence-electron chi connectivity index (χ1n) is 6.67. The maximum absolute atomic E-state index is 12.5. The maximum atomic E-state index is 12.5. The van der Waals surface area contributed by atoms with E-state index in [1.807, 2.05) is 17.2 Å². The highest BCUT2D eigenvalue weighted by atomic mass is 79.9. The molecule has 100 valence electrons. The smallest absolute Gasteiger partial charge is 0.270 e. The third-order valence-corrected chi connectivity index (χ3v) is 4.26. The molecule has 1 aliphatic heterocycles. The molecule has 1 aromatic rings. The van der Waals surface area contributed by atoms with E-state index in [1.54, 1.807) is 0 Å². The van der Waals surface area contributed by atoms with Crippen molar-refractivity contribution in [2.45, 2.75) is 33.7 Å². The van der Waals surface area contributed by atoms with Crippen molar-refractivity contribution in [3.8, 4) is 0 Å². The van der Waals surface area contributed by atoms with Gasteiger partial charge in [0.2, 0.25) is 0 Å². The molecule has 1 aromatic heterocycles. The molecule has 0 saturated carbocycles. The topological polar surface area (TPSA) is 25.2 Å². The SMILES string of the molecule is CCCn1cc(Br)cc1C(=O)N1CC(C)C(C)C1. The molecule has 2 rings (SSSR count). The summed E-state index contributed by atoms with van der Waals surface area (Å²) in [5.74, 6) is 1.38. The van der Waals surface area contributed by atoms with Crippen LogP contribution in [-0.4, -0.2) is 28.5 Å². The highest BCUT2D eigenvalue weighted by Crippen LogP contribution is 2.25. The molecule has 1 amide bonds. The van der Waals surface area contributed by atoms with E-state index < -0.39 is 0 Å². The molecule has 0 aromatic carbocycles. The van der Waals surface area contributed by atoms with Crippen LogP contribution in [-0.2, 0) is 6.54 Å². The maximum Gasteiger partial charge on any atom is 0.270 e. The average molecular weight is 313 g/mol. The van der Waals surface area contributed by atoms with Gasteiger partial charge in [-0.05, 0) is 40.3 Å². The van der Waals surface area contributed by atoms with Gasteiger partial charge in [-0.15, -0.1) is 0 Å². The van der Waals surface area contributed by atoms with Gasteiger partial charge in [-0.25, -0.2) is 0 Å². The number of halogens is 1. The summed E-state index contributed by atoms with van der Waals surface area (Å²) in [5, 5.41) is 0. The van der Waals surface area contributed by atoms with Gasteiger partial charge in [0, 0.05) is 30.3 Å². The molecular weight excluding hydrogens is 292 g/mol. The number of carbonyl (C=O) groups is 1. The molecule has 18 heavy (non-hydrogen) atoms. The zero-order chi connectivity index (χ0) is 13.3. The number of hydrogen-bond acceptors (Lipinski definition) is 1. The molecule has 1 saturated heterocycles. The molecule has 1 aliphatic rings. The number of carbonyl (C=O) groups excluding carboxylic acids is 1. The van der Waals surface area contributed by atoms with Gasteiger partial charge in [-0.2, -0.15) is 0 Å². The number of likely N-dealkylation sites (tertiary alicyclic amines) is 1. The van der Waals surface area contributed by atoms with Crippen LogP contribution in [0.4, 0.5) is 0 Å². The second-order valence-corrected chi connectivity index (χ2v) is 6.32. The molecule has 0 aliphatic carbocycles. The van der Waals surface area contributed by atoms with E-state index in [0.717, 1.165) is 36.2 Å². The Morgan fingerprint density at radius 1 is 1.39 bits per heavy atom. The van der Waals surface area contributed by atoms with Gasteiger partial charge in [0.05, 0.1) is 0 Å². The van der Waals surface area contributed by atoms with E-state index in [2.05, 4.69) is 41.3 Å². The number of hydrogen-bond donors (Lipinski definition) is 0. The predicted molar refractivity (Wildman–Crippen MR) is 76.7 cm³/mol. The van der Waals surface area contributed by atoms with Gasteiger partial charge in [0.15, 0.2) is 0 Å². The summed E-state index contributed by atoms with van der Waals surface area (Å²) in [5.41, 5.74) is 0.810. The van der Waals surface area contributed by atoms with Crippen LogP contribution in [0.15, 0.2) is 16.7 Å². The average Bonchev–Trinajstić information content (AvgIpc) is 2.83. The molecule has 0 spiro atoms. The van der Waals surface area contributed by atoms with Crippen molar-refractivity contribution in [1.82, 2.24) is 9.47 Å². The van der Waals surface area contributed by atoms with Crippen molar-refractivity contribution in [1.29, 1.82) is 0 Å². The number of amides is 1. The minimum atomic E-state index is 0.172. The number of aryl methyl sites for hydroxylation is 1. The van der Waals surface area contributed by atoms with E-state index in [0.29, 0.717) is 11.8 Å². The fourth-order valence-electron chi connectivity index (χ4n) is 2.54. The molecular formula is C14H21BrN2O. The monoisotopic (exact) mass is 312 g/mol. The number of nitrogens with zero attached hydrogens (tertiary/aromatic N) is 2. The second kappa shape index (κ2) is 5.47. The summed E-state index contributed by atoms with van der Waals surface area (Å²) in [6.07, 6.45) is 3.04. The van der Waals surface area contributed by atoms with Crippen LogP contribution in [0, 0.1) is 11.8 Å². The standard InChI is InChI=1S/C14H21BrN2O/c1-4-5-16-9-12(15)6-13(16)14(18)17-7-10(2)11(3)8-17/h6,9-11H,4-5,7-8H2,1-3H3. The molecule has 2 unspecified atom stereocenters. The summed E-state index contributed by atoms with van der Waals surface area (Å²) in [6, 6.07) is 1.94. The second-order valence-electron chi connectivity index (χ2n) is 5.40. The lowest BCUT2D eigenvalue weighted by Crippen LogP contribution is -2.30. The summed E-state index contributed by atoms with van der Waals surface area (Å²) < 4.78 is 3.04. The fraction of sp³-hybridized carbons (Fsp3) is 0.643. The van der Waals surface area contributed by atoms with Crippen LogP contribution in [0.2, 0.25) is 0 Å². The molecule has 2 heterocycles. The van der Waals surface area contributed by atoms with Crippen molar-refractivity contribution in [3.63, 3.8) is 0 Å². The molecule has 0 N–H and O–H groups in total. The molecule has 2 atom stereocenters. The molecule has 3 nitrogen and oxygen atoms in total. The van der Waals surface area contributed by atoms with E-state index in [1.165, 1.54) is 0 Å². The van der Waals surface area contributed by atoms with Crippen molar-refractivity contribution in [2.24, 2.45) is 11.8 Å². The van der Waals surface area contributed by atoms with Crippen LogP contribution in [0.1, 0.15) is 37.7 Å². The third kappa shape index (κ3) is 2.63. The van der Waals surface area contributed by atoms with Gasteiger partial charge in [-0.1, -0.05) is 20.8 Å². The zero-order valence-electron chi connectivity index (χ0n) is 11.3. The Kier molecular flexibility index (Phi) is 4.15. The van der Waals surface area contributed by atoms with Crippen LogP contribution < -0.4 is 0 Å². The fourth-order valence-corrected chi connectivity index (χ4v) is 3.00. The quantitative estimate of drug-likeness (QED) is 0.840. The lowest BCUT2D eigenvalue weighted by atomic mass is 10.0. The molecule has 4 heteroatoms. The van der Waals surface area contributed by atoms with Crippen molar-refractivity contribution >= 4 is 21.8 Å². The summed E-state index contributed by atoms with van der Waals surface area (Å²) >= 11 is 3.46. The van der Waals surface area contributed by atoms with Gasteiger partial charge in [-0.3, -0.25) is 4.79 Å². The van der Waals surface area contributed by atoms with E-state index in [4.69, 9.17) is 0 Å². The Morgan fingerprint density at radius 3 is 2.56 bits per heavy atom. The summed E-state index contributed by atoms with van der Waals surface area (Å²) in [7, 11) is 0. The number of rotatable bonds is 3. The Balaban J connectivity index is 2.18. The minimum absolute atomic E-state index is 0.172. The largest absolute Gasteiger partial charge is 0.342 e. The highest BCUT2D eigenvalue weighted by molar-refractivity contribution is 9.10. The Bertz CT molecular complexity index is 431.